The van der Waals surface area contributed by atoms with Crippen LogP contribution >= 0.6 is 0 Å². The summed E-state index contributed by atoms with van der Waals surface area (Å²) < 4.78 is 211. The monoisotopic (exact) mass is 1050 g/mol. The van der Waals surface area contributed by atoms with E-state index >= 15 is 35.1 Å². The molecule has 4 aliphatic rings. The summed E-state index contributed by atoms with van der Waals surface area (Å²) in [5.74, 6) is -26.6. The van der Waals surface area contributed by atoms with Gasteiger partial charge in [-0.15, -0.1) is 0 Å². The molecule has 0 N–H and O–H groups in total. The molecule has 0 atom stereocenters. The summed E-state index contributed by atoms with van der Waals surface area (Å²) >= 11 is -10.5. The van der Waals surface area contributed by atoms with E-state index in [4.69, 9.17) is 0 Å². The van der Waals surface area contributed by atoms with E-state index in [0.29, 0.717) is 12.8 Å². The molecule has 0 radical (unpaired) electrons. The van der Waals surface area contributed by atoms with Gasteiger partial charge in [0, 0.05) is 0 Å². The van der Waals surface area contributed by atoms with Gasteiger partial charge in [0.05, 0.1) is 0 Å². The third-order valence-electron chi connectivity index (χ3n) is 12.8. The molecule has 0 amide bonds. The van der Waals surface area contributed by atoms with Gasteiger partial charge in [-0.05, 0) is 0 Å². The summed E-state index contributed by atoms with van der Waals surface area (Å²) in [6, 6.07) is 11.6. The number of hydrogen-bond acceptors (Lipinski definition) is 0. The average molecular weight is 1050 g/mol. The zero-order valence-corrected chi connectivity index (χ0v) is 39.0. The average Bonchev–Trinajstić information content (AvgIpc) is 4.21. The Labute approximate surface area is 397 Å². The molecule has 0 saturated carbocycles. The van der Waals surface area contributed by atoms with Crippen molar-refractivity contribution in [1.29, 1.82) is 0 Å². The van der Waals surface area contributed by atoms with Crippen molar-refractivity contribution in [2.24, 2.45) is 0 Å². The van der Waals surface area contributed by atoms with Gasteiger partial charge in [-0.3, -0.25) is 0 Å². The number of rotatable bonds is 10. The van der Waals surface area contributed by atoms with Crippen LogP contribution < -0.4 is 15.5 Å². The Morgan fingerprint density at radius 1 is 0.314 bits per heavy atom. The van der Waals surface area contributed by atoms with Crippen molar-refractivity contribution in [3.63, 3.8) is 0 Å². The Balaban J connectivity index is 0.000000175. The predicted molar refractivity (Wildman–Crippen MR) is 230 cm³/mol. The molecule has 18 heteroatoms. The van der Waals surface area contributed by atoms with Crippen molar-refractivity contribution in [1.82, 2.24) is 9.13 Å². The first-order valence-corrected chi connectivity index (χ1v) is 27.5. The number of aromatic nitrogens is 2. The Morgan fingerprint density at radius 2 is 0.586 bits per heavy atom. The maximum absolute atomic E-state index is 16.7. The summed E-state index contributed by atoms with van der Waals surface area (Å²) in [6.45, 7) is 0. The van der Waals surface area contributed by atoms with Crippen LogP contribution in [0.4, 0.5) is 61.5 Å². The fourth-order valence-electron chi connectivity index (χ4n) is 9.85. The van der Waals surface area contributed by atoms with Gasteiger partial charge >= 0.3 is 399 Å². The van der Waals surface area contributed by atoms with Gasteiger partial charge in [-0.25, -0.2) is 0 Å². The van der Waals surface area contributed by atoms with Crippen LogP contribution in [0, 0.1) is 81.4 Å². The number of hydrogen-bond donors (Lipinski definition) is 0. The Bertz CT molecular complexity index is 3100. The molecule has 2 nitrogen and oxygen atoms in total. The van der Waals surface area contributed by atoms with E-state index < -0.39 is 122 Å². The zero-order chi connectivity index (χ0) is 49.8. The van der Waals surface area contributed by atoms with E-state index in [-0.39, 0.29) is 39.7 Å². The van der Waals surface area contributed by atoms with Gasteiger partial charge in [0.1, 0.15) is 0 Å². The second kappa shape index (κ2) is 19.2. The second-order valence-electron chi connectivity index (χ2n) is 16.4. The second-order valence-corrected chi connectivity index (χ2v) is 28.4. The zero-order valence-electron chi connectivity index (χ0n) is 35.9. The molecule has 4 aromatic carbocycles. The van der Waals surface area contributed by atoms with Crippen LogP contribution in [0.15, 0.2) is 162 Å². The quantitative estimate of drug-likeness (QED) is 0.0560. The van der Waals surface area contributed by atoms with Gasteiger partial charge in [0.2, 0.25) is 0 Å². The molecular formula is C52H32F14N2Ti2. The summed E-state index contributed by atoms with van der Waals surface area (Å²) in [6.07, 6.45) is 25.9. The van der Waals surface area contributed by atoms with E-state index in [9.17, 15) is 26.3 Å². The summed E-state index contributed by atoms with van der Waals surface area (Å²) in [4.78, 5) is 0. The van der Waals surface area contributed by atoms with Crippen LogP contribution in [0.25, 0.3) is 11.4 Å². The van der Waals surface area contributed by atoms with Crippen molar-refractivity contribution in [3.05, 3.63) is 243 Å². The number of halogens is 14. The molecule has 0 fully saturated rings. The van der Waals surface area contributed by atoms with E-state index in [1.165, 1.54) is 45.6 Å². The minimum absolute atomic E-state index is 0.0376. The fraction of sp³-hybridized carbons (Fsp3) is 0.0769. The van der Waals surface area contributed by atoms with Crippen molar-refractivity contribution >= 4 is 15.5 Å². The maximum atomic E-state index is 16.7. The first-order valence-electron chi connectivity index (χ1n) is 21.3. The molecule has 0 bridgehead atoms. The molecule has 70 heavy (non-hydrogen) atoms. The van der Waals surface area contributed by atoms with E-state index in [1.54, 1.807) is 49.1 Å². The Morgan fingerprint density at radius 3 is 0.857 bits per heavy atom. The minimum atomic E-state index is -5.99. The summed E-state index contributed by atoms with van der Waals surface area (Å²) in [7, 11) is 0. The number of nitrogens with zero attached hydrogens (tertiary/aromatic N) is 2. The molecule has 6 aromatic rings. The molecule has 356 valence electrons. The van der Waals surface area contributed by atoms with Crippen LogP contribution in [-0.4, -0.2) is 9.13 Å². The fourth-order valence-corrected chi connectivity index (χ4v) is 26.2. The van der Waals surface area contributed by atoms with Crippen LogP contribution in [0.3, 0.4) is 0 Å². The molecular weight excluding hydrogens is 1010 g/mol. The number of allylic oxidation sites excluding steroid dienone is 16. The molecule has 2 aromatic heterocycles. The van der Waals surface area contributed by atoms with Gasteiger partial charge in [-0.2, -0.15) is 0 Å². The van der Waals surface area contributed by atoms with Crippen LogP contribution in [0.5, 0.6) is 0 Å². The standard InChI is InChI=1S/2C10H6F2N.2C6F5.4C5H5.2Ti/c2*11-8-3-4-9(12)10(7-8)13-5-1-2-6-13;2*7-2-1-3(8)5(10)6(11)4(2)9;4*1-2-4-5-3-1;;/h2*1-3,5-7H;;;4*1-3H,4H2;;. The van der Waals surface area contributed by atoms with E-state index in [0.717, 1.165) is 32.0 Å². The first kappa shape index (κ1) is 48.8. The van der Waals surface area contributed by atoms with Crippen LogP contribution in [0.1, 0.15) is 25.7 Å². The van der Waals surface area contributed by atoms with Crippen molar-refractivity contribution in [2.75, 3.05) is 0 Å². The van der Waals surface area contributed by atoms with E-state index in [2.05, 4.69) is 0 Å². The Hall–Kier alpha value is -6.19. The summed E-state index contributed by atoms with van der Waals surface area (Å²) in [5, 5.41) is 0. The normalized spacial score (nSPS) is 15.2. The van der Waals surface area contributed by atoms with Gasteiger partial charge in [0.15, 0.2) is 0 Å². The van der Waals surface area contributed by atoms with Crippen LogP contribution in [0.2, 0.25) is 0 Å². The topological polar surface area (TPSA) is 9.86 Å². The SMILES string of the molecule is Fc1c(F)c(F)[c]([Ti]([C]2=CC=CC2)([C]2=CC=CC2)[c]2c(F)c(F)c(F)c(F)c2F)c(F)c1F.Fc1cc(-n2cccc2)c(F)[c]([Ti]([C]2=CC=CC2)([C]2=CC=CC2)[c]2cc(F)cc(-n3cccc3)c2F)c1. The molecule has 0 saturated heterocycles. The molecule has 2 heterocycles. The number of benzene rings is 4. The van der Waals surface area contributed by atoms with Crippen molar-refractivity contribution < 1.29 is 94.6 Å². The van der Waals surface area contributed by atoms with Crippen molar-refractivity contribution in [3.8, 4) is 11.4 Å². The van der Waals surface area contributed by atoms with Gasteiger partial charge in [0.25, 0.3) is 0 Å². The van der Waals surface area contributed by atoms with Crippen molar-refractivity contribution in [2.45, 2.75) is 25.7 Å². The van der Waals surface area contributed by atoms with Gasteiger partial charge < -0.3 is 0 Å². The third-order valence-corrected chi connectivity index (χ3v) is 28.5. The van der Waals surface area contributed by atoms with Crippen LogP contribution in [-0.2, 0) is 33.2 Å². The predicted octanol–water partition coefficient (Wildman–Crippen LogP) is 12.5. The molecule has 0 unspecified atom stereocenters. The molecule has 10 rings (SSSR count). The Kier molecular flexibility index (Phi) is 13.4. The first-order chi connectivity index (χ1) is 33.6. The molecule has 4 aliphatic carbocycles. The van der Waals surface area contributed by atoms with E-state index in [1.807, 2.05) is 36.5 Å². The molecule has 0 spiro atoms. The molecule has 0 aliphatic heterocycles. The van der Waals surface area contributed by atoms with Gasteiger partial charge in [-0.1, -0.05) is 0 Å². The third kappa shape index (κ3) is 7.74. The summed E-state index contributed by atoms with van der Waals surface area (Å²) in [5.41, 5.74) is 0.0751.